The summed E-state index contributed by atoms with van der Waals surface area (Å²) in [5, 5.41) is 10.8. The average Bonchev–Trinajstić information content (AvgIpc) is 3.16. The Balaban J connectivity index is 0.979. The lowest BCUT2D eigenvalue weighted by Crippen LogP contribution is -2.51. The lowest BCUT2D eigenvalue weighted by Gasteiger charge is -2.40. The topological polar surface area (TPSA) is 68.0 Å². The first-order valence-electron chi connectivity index (χ1n) is 12.8. The number of ether oxygens (including phenoxy) is 1. The second kappa shape index (κ2) is 7.90. The minimum Gasteiger partial charge on any atom is -0.482 e. The van der Waals surface area contributed by atoms with E-state index in [1.165, 1.54) is 11.1 Å². The van der Waals surface area contributed by atoms with Crippen molar-refractivity contribution < 1.29 is 22.4 Å². The fraction of sp³-hybridized carbons (Fsp3) is 0.500. The summed E-state index contributed by atoms with van der Waals surface area (Å²) >= 11 is -1.89. The van der Waals surface area contributed by atoms with Crippen molar-refractivity contribution in [1.29, 1.82) is 0 Å². The second-order valence-corrected chi connectivity index (χ2v) is 11.5. The molecule has 1 N–H and O–H groups in total. The Hall–Kier alpha value is -2.19. The van der Waals surface area contributed by atoms with Crippen molar-refractivity contribution in [2.24, 2.45) is 5.92 Å². The van der Waals surface area contributed by atoms with Gasteiger partial charge in [0.25, 0.3) is 0 Å². The summed E-state index contributed by atoms with van der Waals surface area (Å²) in [6.07, 6.45) is 9.29. The number of likely N-dealkylation sites (N-methyl/N-ethyl adjacent to an activating group) is 1. The largest absolute Gasteiger partial charge is 0.482 e. The molecule has 2 fully saturated rings. The van der Waals surface area contributed by atoms with E-state index >= 15 is 0 Å². The molecule has 7 heteroatoms. The zero-order valence-electron chi connectivity index (χ0n) is 19.9. The smallest absolute Gasteiger partial charge is 0.360 e. The minimum atomic E-state index is -1.89. The van der Waals surface area contributed by atoms with Gasteiger partial charge in [-0.2, -0.15) is 4.21 Å². The normalized spacial score (nSPS) is 37.0. The number of piperidine rings is 1. The molecule has 35 heavy (non-hydrogen) atoms. The number of aryl methyl sites for hydroxylation is 1. The van der Waals surface area contributed by atoms with E-state index in [0.29, 0.717) is 30.1 Å². The van der Waals surface area contributed by atoms with Gasteiger partial charge >= 0.3 is 11.4 Å². The number of rotatable bonds is 10. The number of unbranched alkanes of at least 4 members (excludes halogenated alkanes) is 3. The number of aliphatic hydroxyl groups is 1. The summed E-state index contributed by atoms with van der Waals surface area (Å²) in [6, 6.07) is 15.0. The number of aliphatic hydroxyl groups excluding tert-OH is 1. The van der Waals surface area contributed by atoms with Gasteiger partial charge in [-0.25, -0.2) is 0 Å². The van der Waals surface area contributed by atoms with Crippen molar-refractivity contribution in [2.75, 3.05) is 13.7 Å². The van der Waals surface area contributed by atoms with Gasteiger partial charge < -0.3 is 14.0 Å². The van der Waals surface area contributed by atoms with Crippen molar-refractivity contribution in [3.05, 3.63) is 71.3 Å². The molecule has 184 valence electrons. The van der Waals surface area contributed by atoms with Crippen LogP contribution in [0.4, 0.5) is 0 Å². The maximum absolute atomic E-state index is 12.6. The Bertz CT molecular complexity index is 1220. The summed E-state index contributed by atoms with van der Waals surface area (Å²) in [4.78, 5) is 2.46. The summed E-state index contributed by atoms with van der Waals surface area (Å²) in [6.45, 7) is 0.395. The van der Waals surface area contributed by atoms with Gasteiger partial charge in [-0.15, -0.1) is 0 Å². The molecule has 8 unspecified atom stereocenters. The third-order valence-corrected chi connectivity index (χ3v) is 9.81. The standard InChI is InChI=1S/C28H31NO5S/c1-29-25-20-12-14-21(30)26-27(20)17-28(25,29)19-13-15-22(24(33-26)23(19)27)34-35(31)32-16-8-3-2-5-9-18-10-6-4-7-11-18/h4,6-7,10-15,20-21,25-26,30H,2-3,5,8-9,16-17H2,1H3. The Morgan fingerprint density at radius 2 is 1.94 bits per heavy atom. The number of likely N-dealkylation sites (tertiary alicyclic amines) is 1. The van der Waals surface area contributed by atoms with Crippen LogP contribution in [0.3, 0.4) is 0 Å². The van der Waals surface area contributed by atoms with E-state index in [-0.39, 0.29) is 17.1 Å². The molecule has 5 aliphatic rings. The minimum absolute atomic E-state index is 0.0415. The summed E-state index contributed by atoms with van der Waals surface area (Å²) in [5.74, 6) is 1.42. The van der Waals surface area contributed by atoms with Crippen LogP contribution < -0.4 is 8.92 Å². The van der Waals surface area contributed by atoms with Crippen molar-refractivity contribution in [3.8, 4) is 11.5 Å². The molecule has 2 heterocycles. The number of benzene rings is 2. The molecule has 2 aliphatic heterocycles. The Labute approximate surface area is 208 Å². The summed E-state index contributed by atoms with van der Waals surface area (Å²) in [7, 11) is 2.19. The highest BCUT2D eigenvalue weighted by Gasteiger charge is 2.84. The molecular weight excluding hydrogens is 462 g/mol. The number of hydrogen-bond acceptors (Lipinski definition) is 6. The van der Waals surface area contributed by atoms with E-state index in [0.717, 1.165) is 44.1 Å². The van der Waals surface area contributed by atoms with Gasteiger partial charge in [-0.05, 0) is 49.9 Å². The number of nitrogens with zero attached hydrogens (tertiary/aromatic N) is 1. The lowest BCUT2D eigenvalue weighted by atomic mass is 9.64. The molecule has 0 amide bonds. The third-order valence-electron chi connectivity index (χ3n) is 9.14. The zero-order chi connectivity index (χ0) is 23.8. The third kappa shape index (κ3) is 2.95. The molecule has 3 aliphatic carbocycles. The van der Waals surface area contributed by atoms with Gasteiger partial charge in [0.1, 0.15) is 12.2 Å². The van der Waals surface area contributed by atoms with Gasteiger partial charge in [0.2, 0.25) is 0 Å². The van der Waals surface area contributed by atoms with E-state index in [9.17, 15) is 9.32 Å². The predicted molar refractivity (Wildman–Crippen MR) is 132 cm³/mol. The van der Waals surface area contributed by atoms with Crippen LogP contribution >= 0.6 is 0 Å². The Morgan fingerprint density at radius 1 is 1.11 bits per heavy atom. The molecule has 1 saturated heterocycles. The molecule has 0 aromatic heterocycles. The number of hydrogen-bond donors (Lipinski definition) is 1. The van der Waals surface area contributed by atoms with Crippen molar-refractivity contribution in [3.63, 3.8) is 0 Å². The molecule has 1 saturated carbocycles. The van der Waals surface area contributed by atoms with Gasteiger partial charge in [0.05, 0.1) is 12.1 Å². The molecule has 2 aromatic rings. The maximum Gasteiger partial charge on any atom is 0.360 e. The van der Waals surface area contributed by atoms with Crippen LogP contribution in [0.25, 0.3) is 0 Å². The van der Waals surface area contributed by atoms with E-state index in [1.54, 1.807) is 0 Å². The van der Waals surface area contributed by atoms with Gasteiger partial charge in [0.15, 0.2) is 11.5 Å². The summed E-state index contributed by atoms with van der Waals surface area (Å²) in [5.41, 5.74) is 3.64. The zero-order valence-corrected chi connectivity index (χ0v) is 20.7. The Kier molecular flexibility index (Phi) is 4.98. The van der Waals surface area contributed by atoms with Crippen LogP contribution in [-0.4, -0.2) is 46.1 Å². The molecule has 7 rings (SSSR count). The fourth-order valence-electron chi connectivity index (χ4n) is 7.68. The van der Waals surface area contributed by atoms with Crippen molar-refractivity contribution >= 4 is 11.4 Å². The van der Waals surface area contributed by atoms with Crippen molar-refractivity contribution in [2.45, 2.75) is 67.7 Å². The highest BCUT2D eigenvalue weighted by Crippen LogP contribution is 2.80. The fourth-order valence-corrected chi connectivity index (χ4v) is 8.26. The van der Waals surface area contributed by atoms with Gasteiger partial charge in [-0.3, -0.25) is 9.08 Å². The van der Waals surface area contributed by atoms with E-state index in [1.807, 2.05) is 18.2 Å². The van der Waals surface area contributed by atoms with Crippen LogP contribution in [-0.2, 0) is 32.9 Å². The first-order valence-corrected chi connectivity index (χ1v) is 13.8. The van der Waals surface area contributed by atoms with Crippen molar-refractivity contribution in [1.82, 2.24) is 4.90 Å². The van der Waals surface area contributed by atoms with Crippen LogP contribution in [0.5, 0.6) is 11.5 Å². The highest BCUT2D eigenvalue weighted by molar-refractivity contribution is 7.75. The summed E-state index contributed by atoms with van der Waals surface area (Å²) < 4.78 is 30.2. The lowest BCUT2D eigenvalue weighted by molar-refractivity contribution is 0.00634. The van der Waals surface area contributed by atoms with Crippen LogP contribution in [0.2, 0.25) is 0 Å². The molecule has 2 bridgehead atoms. The van der Waals surface area contributed by atoms with Gasteiger partial charge in [-0.1, -0.05) is 61.4 Å². The molecule has 6 nitrogen and oxygen atoms in total. The van der Waals surface area contributed by atoms with Crippen LogP contribution in [0.15, 0.2) is 54.6 Å². The quantitative estimate of drug-likeness (QED) is 0.307. The first-order chi connectivity index (χ1) is 17.1. The number of fused-ring (bicyclic) bond motifs is 1. The molecule has 0 radical (unpaired) electrons. The monoisotopic (exact) mass is 493 g/mol. The Morgan fingerprint density at radius 3 is 2.80 bits per heavy atom. The van der Waals surface area contributed by atoms with Crippen LogP contribution in [0, 0.1) is 5.92 Å². The maximum atomic E-state index is 12.6. The SMILES string of the molecule is CN1C2C3C=CC(O)C4Oc5c(OS(=O)OCCCCCCc6ccccc6)ccc6c5C34CC621. The van der Waals surface area contributed by atoms with Crippen LogP contribution in [0.1, 0.15) is 48.8 Å². The second-order valence-electron chi connectivity index (χ2n) is 10.7. The van der Waals surface area contributed by atoms with Gasteiger partial charge in [0, 0.05) is 22.9 Å². The molecule has 2 aromatic carbocycles. The van der Waals surface area contributed by atoms with E-state index in [4.69, 9.17) is 13.1 Å². The molecule has 8 atom stereocenters. The highest BCUT2D eigenvalue weighted by atomic mass is 32.2. The first kappa shape index (κ1) is 22.0. The molecule has 2 spiro atoms. The van der Waals surface area contributed by atoms with E-state index in [2.05, 4.69) is 48.4 Å². The molecular formula is C28H31NO5S. The van der Waals surface area contributed by atoms with E-state index < -0.39 is 17.5 Å². The average molecular weight is 494 g/mol. The predicted octanol–water partition coefficient (Wildman–Crippen LogP) is 3.94.